The number of carbonyl (C=O) groups is 2. The first-order valence-corrected chi connectivity index (χ1v) is 4.33. The topological polar surface area (TPSA) is 52.6 Å². The Morgan fingerprint density at radius 2 is 2.31 bits per heavy atom. The van der Waals surface area contributed by atoms with Crippen LogP contribution in [0.1, 0.15) is 27.2 Å². The predicted octanol–water partition coefficient (Wildman–Crippen LogP) is 0.891. The van der Waals surface area contributed by atoms with Crippen LogP contribution >= 0.6 is 0 Å². The van der Waals surface area contributed by atoms with E-state index < -0.39 is 17.5 Å². The molecular formula is C9H14O4. The second kappa shape index (κ2) is 3.36. The number of ether oxygens (including phenoxy) is 2. The van der Waals surface area contributed by atoms with E-state index in [9.17, 15) is 9.59 Å². The van der Waals surface area contributed by atoms with Crippen molar-refractivity contribution in [2.45, 2.75) is 33.3 Å². The van der Waals surface area contributed by atoms with E-state index in [1.807, 2.05) is 13.8 Å². The zero-order valence-electron chi connectivity index (χ0n) is 8.12. The summed E-state index contributed by atoms with van der Waals surface area (Å²) >= 11 is 0. The molecule has 74 valence electrons. The minimum atomic E-state index is -0.736. The summed E-state index contributed by atoms with van der Waals surface area (Å²) in [7, 11) is 0. The second-order valence-electron chi connectivity index (χ2n) is 3.79. The molecule has 13 heavy (non-hydrogen) atoms. The lowest BCUT2D eigenvalue weighted by molar-refractivity contribution is -0.164. The Hall–Kier alpha value is -1.06. The van der Waals surface area contributed by atoms with Gasteiger partial charge in [0.05, 0.1) is 13.0 Å². The highest BCUT2D eigenvalue weighted by Gasteiger charge is 2.47. The van der Waals surface area contributed by atoms with Crippen LogP contribution in [-0.2, 0) is 19.1 Å². The maximum absolute atomic E-state index is 11.3. The summed E-state index contributed by atoms with van der Waals surface area (Å²) in [6, 6.07) is 0. The van der Waals surface area contributed by atoms with E-state index in [2.05, 4.69) is 0 Å². The Morgan fingerprint density at radius 3 is 2.69 bits per heavy atom. The van der Waals surface area contributed by atoms with Crippen molar-refractivity contribution in [3.8, 4) is 0 Å². The first kappa shape index (κ1) is 10.0. The third-order valence-corrected chi connectivity index (χ3v) is 2.06. The average Bonchev–Trinajstić information content (AvgIpc) is 2.24. The van der Waals surface area contributed by atoms with Crippen LogP contribution in [0.15, 0.2) is 0 Å². The molecule has 1 atom stereocenters. The highest BCUT2D eigenvalue weighted by atomic mass is 16.6. The molecule has 1 unspecified atom stereocenters. The molecule has 0 aromatic rings. The van der Waals surface area contributed by atoms with E-state index in [-0.39, 0.29) is 12.4 Å². The quantitative estimate of drug-likeness (QED) is 0.601. The van der Waals surface area contributed by atoms with Crippen LogP contribution in [0.25, 0.3) is 0 Å². The molecule has 1 fully saturated rings. The van der Waals surface area contributed by atoms with Gasteiger partial charge in [-0.3, -0.25) is 4.79 Å². The van der Waals surface area contributed by atoms with Gasteiger partial charge >= 0.3 is 11.9 Å². The van der Waals surface area contributed by atoms with Gasteiger partial charge in [0.15, 0.2) is 0 Å². The summed E-state index contributed by atoms with van der Waals surface area (Å²) in [5, 5.41) is 0. The average molecular weight is 186 g/mol. The molecule has 1 rings (SSSR count). The molecule has 1 heterocycles. The van der Waals surface area contributed by atoms with E-state index >= 15 is 0 Å². The first-order valence-electron chi connectivity index (χ1n) is 4.33. The van der Waals surface area contributed by atoms with Crippen LogP contribution in [0.3, 0.4) is 0 Å². The first-order chi connectivity index (χ1) is 5.97. The van der Waals surface area contributed by atoms with Gasteiger partial charge in [-0.15, -0.1) is 0 Å². The van der Waals surface area contributed by atoms with Crippen molar-refractivity contribution in [2.75, 3.05) is 6.61 Å². The molecule has 0 aromatic carbocycles. The summed E-state index contributed by atoms with van der Waals surface area (Å²) in [5.74, 6) is -0.776. The smallest absolute Gasteiger partial charge is 0.348 e. The summed E-state index contributed by atoms with van der Waals surface area (Å²) in [4.78, 5) is 22.3. The molecule has 4 nitrogen and oxygen atoms in total. The fraction of sp³-hybridized carbons (Fsp3) is 0.778. The summed E-state index contributed by atoms with van der Waals surface area (Å²) < 4.78 is 9.67. The minimum Gasteiger partial charge on any atom is -0.463 e. The molecule has 0 aromatic heterocycles. The highest BCUT2D eigenvalue weighted by Crippen LogP contribution is 2.35. The Balaban J connectivity index is 2.69. The Kier molecular flexibility index (Phi) is 2.59. The van der Waals surface area contributed by atoms with Crippen molar-refractivity contribution in [1.82, 2.24) is 0 Å². The normalized spacial score (nSPS) is 25.5. The molecule has 1 aliphatic rings. The van der Waals surface area contributed by atoms with Crippen LogP contribution in [0, 0.1) is 5.41 Å². The van der Waals surface area contributed by atoms with Crippen molar-refractivity contribution >= 4 is 11.9 Å². The number of esters is 2. The van der Waals surface area contributed by atoms with Gasteiger partial charge < -0.3 is 9.47 Å². The van der Waals surface area contributed by atoms with E-state index in [4.69, 9.17) is 9.47 Å². The molecule has 4 heteroatoms. The molecule has 0 N–H and O–H groups in total. The fourth-order valence-corrected chi connectivity index (χ4v) is 1.38. The van der Waals surface area contributed by atoms with E-state index in [1.54, 1.807) is 6.92 Å². The fourth-order valence-electron chi connectivity index (χ4n) is 1.38. The third-order valence-electron chi connectivity index (χ3n) is 2.06. The zero-order valence-corrected chi connectivity index (χ0v) is 8.12. The lowest BCUT2D eigenvalue weighted by Gasteiger charge is -2.21. The van der Waals surface area contributed by atoms with Crippen LogP contribution in [0.4, 0.5) is 0 Å². The minimum absolute atomic E-state index is 0.274. The monoisotopic (exact) mass is 186 g/mol. The number of carbonyl (C=O) groups excluding carboxylic acids is 2. The van der Waals surface area contributed by atoms with Gasteiger partial charge in [0, 0.05) is 5.41 Å². The largest absolute Gasteiger partial charge is 0.463 e. The Labute approximate surface area is 77.2 Å². The number of cyclic esters (lactones) is 1. The van der Waals surface area contributed by atoms with Crippen LogP contribution in [0.5, 0.6) is 0 Å². The van der Waals surface area contributed by atoms with Crippen molar-refractivity contribution in [1.29, 1.82) is 0 Å². The standard InChI is InChI=1S/C9H14O4/c1-4-12-8(11)7-9(2,3)5-6(10)13-7/h7H,4-5H2,1-3H3. The summed E-state index contributed by atoms with van der Waals surface area (Å²) in [6.07, 6.45) is -0.462. The van der Waals surface area contributed by atoms with Crippen molar-refractivity contribution < 1.29 is 19.1 Å². The van der Waals surface area contributed by atoms with Gasteiger partial charge in [-0.25, -0.2) is 4.79 Å². The SMILES string of the molecule is CCOC(=O)C1OC(=O)CC1(C)C. The summed E-state index contributed by atoms with van der Waals surface area (Å²) in [5.41, 5.74) is -0.441. The van der Waals surface area contributed by atoms with Gasteiger partial charge in [-0.2, -0.15) is 0 Å². The van der Waals surface area contributed by atoms with Crippen LogP contribution in [0.2, 0.25) is 0 Å². The molecule has 0 bridgehead atoms. The number of hydrogen-bond donors (Lipinski definition) is 0. The van der Waals surface area contributed by atoms with Crippen molar-refractivity contribution in [2.24, 2.45) is 5.41 Å². The molecular weight excluding hydrogens is 172 g/mol. The van der Waals surface area contributed by atoms with E-state index in [0.717, 1.165) is 0 Å². The van der Waals surface area contributed by atoms with E-state index in [1.165, 1.54) is 0 Å². The van der Waals surface area contributed by atoms with Crippen molar-refractivity contribution in [3.05, 3.63) is 0 Å². The Morgan fingerprint density at radius 1 is 1.69 bits per heavy atom. The van der Waals surface area contributed by atoms with Gasteiger partial charge in [-0.05, 0) is 6.92 Å². The third kappa shape index (κ3) is 1.99. The lowest BCUT2D eigenvalue weighted by Crippen LogP contribution is -2.34. The molecule has 0 aliphatic carbocycles. The maximum Gasteiger partial charge on any atom is 0.348 e. The maximum atomic E-state index is 11.3. The highest BCUT2D eigenvalue weighted by molar-refractivity contribution is 5.84. The number of rotatable bonds is 2. The molecule has 0 spiro atoms. The predicted molar refractivity (Wildman–Crippen MR) is 44.9 cm³/mol. The van der Waals surface area contributed by atoms with Crippen LogP contribution < -0.4 is 0 Å². The lowest BCUT2D eigenvalue weighted by atomic mass is 9.85. The molecule has 0 amide bonds. The summed E-state index contributed by atoms with van der Waals surface area (Å²) in [6.45, 7) is 5.67. The number of hydrogen-bond acceptors (Lipinski definition) is 4. The van der Waals surface area contributed by atoms with Gasteiger partial charge in [0.2, 0.25) is 6.10 Å². The zero-order chi connectivity index (χ0) is 10.1. The van der Waals surface area contributed by atoms with Crippen molar-refractivity contribution in [3.63, 3.8) is 0 Å². The van der Waals surface area contributed by atoms with Gasteiger partial charge in [0.1, 0.15) is 0 Å². The van der Waals surface area contributed by atoms with E-state index in [0.29, 0.717) is 6.61 Å². The molecule has 0 radical (unpaired) electrons. The van der Waals surface area contributed by atoms with Gasteiger partial charge in [-0.1, -0.05) is 13.8 Å². The molecule has 1 aliphatic heterocycles. The second-order valence-corrected chi connectivity index (χ2v) is 3.79. The van der Waals surface area contributed by atoms with Crippen LogP contribution in [-0.4, -0.2) is 24.6 Å². The Bertz CT molecular complexity index is 232. The molecule has 1 saturated heterocycles. The van der Waals surface area contributed by atoms with Gasteiger partial charge in [0.25, 0.3) is 0 Å². The molecule has 0 saturated carbocycles.